The SMILES string of the molecule is Cc1cc2[nH]c(C(=O)NCC(O)C(N)=O)cc2s1. The molecule has 0 saturated carbocycles. The zero-order valence-corrected chi connectivity index (χ0v) is 10.5. The smallest absolute Gasteiger partial charge is 0.267 e. The van der Waals surface area contributed by atoms with Gasteiger partial charge >= 0.3 is 0 Å². The number of amides is 2. The highest BCUT2D eigenvalue weighted by Gasteiger charge is 2.15. The second kappa shape index (κ2) is 4.79. The van der Waals surface area contributed by atoms with E-state index in [1.54, 1.807) is 17.4 Å². The summed E-state index contributed by atoms with van der Waals surface area (Å²) in [5.41, 5.74) is 6.17. The number of nitrogens with two attached hydrogens (primary N) is 1. The highest BCUT2D eigenvalue weighted by molar-refractivity contribution is 7.19. The Morgan fingerprint density at radius 2 is 2.28 bits per heavy atom. The number of hydrogen-bond acceptors (Lipinski definition) is 4. The molecule has 0 fully saturated rings. The van der Waals surface area contributed by atoms with Crippen molar-refractivity contribution in [2.45, 2.75) is 13.0 Å². The molecule has 2 amide bonds. The van der Waals surface area contributed by atoms with Crippen LogP contribution in [0.5, 0.6) is 0 Å². The Balaban J connectivity index is 2.04. The third-order valence-corrected chi connectivity index (χ3v) is 3.46. The average molecular weight is 267 g/mol. The summed E-state index contributed by atoms with van der Waals surface area (Å²) in [5.74, 6) is -1.24. The lowest BCUT2D eigenvalue weighted by Crippen LogP contribution is -2.40. The molecule has 1 unspecified atom stereocenters. The molecule has 18 heavy (non-hydrogen) atoms. The molecule has 2 heterocycles. The van der Waals surface area contributed by atoms with Crippen LogP contribution in [-0.2, 0) is 4.79 Å². The van der Waals surface area contributed by atoms with E-state index in [-0.39, 0.29) is 12.5 Å². The third-order valence-electron chi connectivity index (χ3n) is 2.46. The number of aromatic amines is 1. The van der Waals surface area contributed by atoms with Crippen LogP contribution in [0.15, 0.2) is 12.1 Å². The largest absolute Gasteiger partial charge is 0.381 e. The van der Waals surface area contributed by atoms with Crippen molar-refractivity contribution in [2.75, 3.05) is 6.54 Å². The van der Waals surface area contributed by atoms with Gasteiger partial charge in [0.1, 0.15) is 11.8 Å². The van der Waals surface area contributed by atoms with E-state index in [4.69, 9.17) is 10.8 Å². The first-order chi connectivity index (χ1) is 8.47. The van der Waals surface area contributed by atoms with E-state index in [9.17, 15) is 9.59 Å². The lowest BCUT2D eigenvalue weighted by Gasteiger charge is -2.07. The number of thiophene rings is 1. The summed E-state index contributed by atoms with van der Waals surface area (Å²) in [6, 6.07) is 3.69. The van der Waals surface area contributed by atoms with Gasteiger partial charge in [-0.3, -0.25) is 9.59 Å². The number of aryl methyl sites for hydroxylation is 1. The molecule has 0 aliphatic rings. The van der Waals surface area contributed by atoms with Crippen LogP contribution in [0, 0.1) is 6.92 Å². The first kappa shape index (κ1) is 12.6. The van der Waals surface area contributed by atoms with Crippen molar-refractivity contribution in [3.8, 4) is 0 Å². The van der Waals surface area contributed by atoms with Gasteiger partial charge < -0.3 is 21.1 Å². The lowest BCUT2D eigenvalue weighted by molar-refractivity contribution is -0.125. The molecule has 0 spiro atoms. The summed E-state index contributed by atoms with van der Waals surface area (Å²) < 4.78 is 0.994. The Morgan fingerprint density at radius 3 is 2.89 bits per heavy atom. The Hall–Kier alpha value is -1.86. The van der Waals surface area contributed by atoms with Crippen LogP contribution in [0.4, 0.5) is 0 Å². The maximum atomic E-state index is 11.7. The molecule has 0 aromatic carbocycles. The van der Waals surface area contributed by atoms with Crippen molar-refractivity contribution in [3.05, 3.63) is 22.7 Å². The molecule has 0 aliphatic carbocycles. The van der Waals surface area contributed by atoms with Crippen molar-refractivity contribution in [3.63, 3.8) is 0 Å². The number of carbonyl (C=O) groups is 2. The number of H-pyrrole nitrogens is 1. The van der Waals surface area contributed by atoms with Gasteiger partial charge in [0.2, 0.25) is 5.91 Å². The predicted molar refractivity (Wildman–Crippen MR) is 68.4 cm³/mol. The van der Waals surface area contributed by atoms with Crippen molar-refractivity contribution in [2.24, 2.45) is 5.73 Å². The molecule has 2 rings (SSSR count). The second-order valence-corrected chi connectivity index (χ2v) is 5.23. The van der Waals surface area contributed by atoms with Gasteiger partial charge in [-0.05, 0) is 19.1 Å². The van der Waals surface area contributed by atoms with Crippen molar-refractivity contribution < 1.29 is 14.7 Å². The normalized spacial score (nSPS) is 12.6. The minimum atomic E-state index is -1.37. The molecule has 2 aromatic heterocycles. The first-order valence-electron chi connectivity index (χ1n) is 5.32. The zero-order chi connectivity index (χ0) is 13.3. The number of aliphatic hydroxyl groups excluding tert-OH is 1. The van der Waals surface area contributed by atoms with E-state index in [0.29, 0.717) is 5.69 Å². The van der Waals surface area contributed by atoms with E-state index in [1.165, 1.54) is 0 Å². The molecule has 0 aliphatic heterocycles. The fourth-order valence-corrected chi connectivity index (χ4v) is 2.48. The van der Waals surface area contributed by atoms with Crippen LogP contribution in [-0.4, -0.2) is 34.6 Å². The molecular formula is C11H13N3O3S. The minimum absolute atomic E-state index is 0.195. The summed E-state index contributed by atoms with van der Waals surface area (Å²) in [6.07, 6.45) is -1.37. The monoisotopic (exact) mass is 267 g/mol. The number of aromatic nitrogens is 1. The average Bonchev–Trinajstić information content (AvgIpc) is 2.81. The number of aliphatic hydroxyl groups is 1. The van der Waals surface area contributed by atoms with E-state index in [0.717, 1.165) is 15.1 Å². The van der Waals surface area contributed by atoms with E-state index >= 15 is 0 Å². The minimum Gasteiger partial charge on any atom is -0.381 e. The highest BCUT2D eigenvalue weighted by Crippen LogP contribution is 2.25. The molecule has 1 atom stereocenters. The Bertz CT molecular complexity index is 570. The van der Waals surface area contributed by atoms with Gasteiger partial charge in [-0.2, -0.15) is 0 Å². The van der Waals surface area contributed by atoms with Crippen LogP contribution in [0.1, 0.15) is 15.4 Å². The Morgan fingerprint density at radius 1 is 1.56 bits per heavy atom. The maximum absolute atomic E-state index is 11.7. The Labute approximate surface area is 107 Å². The predicted octanol–water partition coefficient (Wildman–Crippen LogP) is 0.114. The number of fused-ring (bicyclic) bond motifs is 1. The van der Waals surface area contributed by atoms with Gasteiger partial charge in [-0.1, -0.05) is 0 Å². The highest BCUT2D eigenvalue weighted by atomic mass is 32.1. The number of hydrogen-bond donors (Lipinski definition) is 4. The summed E-state index contributed by atoms with van der Waals surface area (Å²) in [4.78, 5) is 26.5. The van der Waals surface area contributed by atoms with E-state index in [2.05, 4.69) is 10.3 Å². The van der Waals surface area contributed by atoms with Gasteiger partial charge in [0.05, 0.1) is 16.8 Å². The van der Waals surface area contributed by atoms with E-state index < -0.39 is 12.0 Å². The van der Waals surface area contributed by atoms with Gasteiger partial charge in [0.25, 0.3) is 5.91 Å². The molecule has 0 radical (unpaired) electrons. The maximum Gasteiger partial charge on any atom is 0.267 e. The van der Waals surface area contributed by atoms with Crippen molar-refractivity contribution >= 4 is 33.4 Å². The van der Waals surface area contributed by atoms with Crippen molar-refractivity contribution in [1.29, 1.82) is 0 Å². The summed E-state index contributed by atoms with van der Waals surface area (Å²) in [7, 11) is 0. The quantitative estimate of drug-likeness (QED) is 0.631. The molecule has 7 heteroatoms. The molecule has 0 bridgehead atoms. The molecule has 6 nitrogen and oxygen atoms in total. The summed E-state index contributed by atoms with van der Waals surface area (Å²) >= 11 is 1.58. The van der Waals surface area contributed by atoms with Crippen LogP contribution in [0.25, 0.3) is 10.2 Å². The van der Waals surface area contributed by atoms with Crippen LogP contribution < -0.4 is 11.1 Å². The molecular weight excluding hydrogens is 254 g/mol. The van der Waals surface area contributed by atoms with Crippen molar-refractivity contribution in [1.82, 2.24) is 10.3 Å². The third kappa shape index (κ3) is 2.52. The number of primary amides is 1. The Kier molecular flexibility index (Phi) is 3.35. The van der Waals surface area contributed by atoms with E-state index in [1.807, 2.05) is 13.0 Å². The topological polar surface area (TPSA) is 108 Å². The summed E-state index contributed by atoms with van der Waals surface area (Å²) in [5, 5.41) is 11.6. The second-order valence-electron chi connectivity index (χ2n) is 3.95. The molecule has 0 saturated heterocycles. The first-order valence-corrected chi connectivity index (χ1v) is 6.14. The zero-order valence-electron chi connectivity index (χ0n) is 9.69. The van der Waals surface area contributed by atoms with Crippen LogP contribution in [0.2, 0.25) is 0 Å². The molecule has 96 valence electrons. The fourth-order valence-electron chi connectivity index (χ4n) is 1.56. The van der Waals surface area contributed by atoms with Gasteiger partial charge in [-0.25, -0.2) is 0 Å². The summed E-state index contributed by atoms with van der Waals surface area (Å²) in [6.45, 7) is 1.79. The number of carbonyl (C=O) groups excluding carboxylic acids is 2. The van der Waals surface area contributed by atoms with Gasteiger partial charge in [0.15, 0.2) is 0 Å². The number of nitrogens with one attached hydrogen (secondary N) is 2. The lowest BCUT2D eigenvalue weighted by atomic mass is 10.3. The fraction of sp³-hybridized carbons (Fsp3) is 0.273. The standard InChI is InChI=1S/C11H13N3O3S/c1-5-2-6-9(18-5)3-7(14-6)11(17)13-4-8(15)10(12)16/h2-3,8,14-15H,4H2,1H3,(H2,12,16)(H,13,17). The molecule has 2 aromatic rings. The van der Waals surface area contributed by atoms with Crippen LogP contribution in [0.3, 0.4) is 0 Å². The van der Waals surface area contributed by atoms with Crippen LogP contribution >= 0.6 is 11.3 Å². The number of rotatable bonds is 4. The van der Waals surface area contributed by atoms with Gasteiger partial charge in [-0.15, -0.1) is 11.3 Å². The molecule has 5 N–H and O–H groups in total. The van der Waals surface area contributed by atoms with Gasteiger partial charge in [0, 0.05) is 4.88 Å².